The quantitative estimate of drug-likeness (QED) is 0.688. The van der Waals surface area contributed by atoms with Crippen molar-refractivity contribution in [2.75, 3.05) is 13.1 Å². The van der Waals surface area contributed by atoms with Crippen molar-refractivity contribution in [3.63, 3.8) is 0 Å². The van der Waals surface area contributed by atoms with Gasteiger partial charge in [0, 0.05) is 35.3 Å². The van der Waals surface area contributed by atoms with E-state index in [1.807, 2.05) is 26.0 Å². The zero-order valence-electron chi connectivity index (χ0n) is 16.0. The zero-order chi connectivity index (χ0) is 20.2. The molecule has 148 valence electrons. The van der Waals surface area contributed by atoms with E-state index in [1.54, 1.807) is 25.2 Å². The molecule has 0 radical (unpaired) electrons. The summed E-state index contributed by atoms with van der Waals surface area (Å²) >= 11 is 7.86. The first kappa shape index (κ1) is 21.9. The van der Waals surface area contributed by atoms with Crippen LogP contribution in [0.5, 0.6) is 0 Å². The van der Waals surface area contributed by atoms with Gasteiger partial charge in [0.25, 0.3) is 5.91 Å². The predicted molar refractivity (Wildman–Crippen MR) is 111 cm³/mol. The third-order valence-corrected chi connectivity index (χ3v) is 7.60. The Morgan fingerprint density at radius 2 is 1.89 bits per heavy atom. The first-order chi connectivity index (χ1) is 12.7. The Morgan fingerprint density at radius 3 is 2.44 bits per heavy atom. The maximum absolute atomic E-state index is 12.7. The van der Waals surface area contributed by atoms with E-state index in [2.05, 4.69) is 5.32 Å². The van der Waals surface area contributed by atoms with Crippen LogP contribution in [0.15, 0.2) is 35.2 Å². The van der Waals surface area contributed by atoms with Crippen LogP contribution in [0.25, 0.3) is 0 Å². The third kappa shape index (κ3) is 5.31. The van der Waals surface area contributed by atoms with Crippen LogP contribution in [-0.2, 0) is 16.4 Å². The number of hydrogen-bond acceptors (Lipinski definition) is 4. The van der Waals surface area contributed by atoms with Crippen molar-refractivity contribution < 1.29 is 13.2 Å². The zero-order valence-corrected chi connectivity index (χ0v) is 18.3. The molecule has 1 aromatic heterocycles. The average Bonchev–Trinajstić information content (AvgIpc) is 3.00. The van der Waals surface area contributed by atoms with Gasteiger partial charge in [-0.05, 0) is 44.2 Å². The summed E-state index contributed by atoms with van der Waals surface area (Å²) < 4.78 is 26.7. The highest BCUT2D eigenvalue weighted by Gasteiger charge is 2.24. The van der Waals surface area contributed by atoms with Gasteiger partial charge in [-0.15, -0.1) is 11.3 Å². The Kier molecular flexibility index (Phi) is 7.45. The van der Waals surface area contributed by atoms with E-state index in [4.69, 9.17) is 11.6 Å². The van der Waals surface area contributed by atoms with Crippen molar-refractivity contribution in [3.05, 3.63) is 50.7 Å². The topological polar surface area (TPSA) is 66.5 Å². The molecule has 1 N–H and O–H groups in total. The molecule has 0 aliphatic carbocycles. The highest BCUT2D eigenvalue weighted by atomic mass is 35.5. The molecule has 2 rings (SSSR count). The van der Waals surface area contributed by atoms with E-state index >= 15 is 0 Å². The van der Waals surface area contributed by atoms with Gasteiger partial charge < -0.3 is 5.32 Å². The molecule has 1 unspecified atom stereocenters. The first-order valence-corrected chi connectivity index (χ1v) is 11.5. The molecule has 8 heteroatoms. The van der Waals surface area contributed by atoms with Gasteiger partial charge >= 0.3 is 0 Å². The summed E-state index contributed by atoms with van der Waals surface area (Å²) in [6, 6.07) is 8.24. The molecule has 0 spiro atoms. The average molecular weight is 429 g/mol. The van der Waals surface area contributed by atoms with Crippen molar-refractivity contribution in [3.8, 4) is 0 Å². The van der Waals surface area contributed by atoms with Gasteiger partial charge in [-0.1, -0.05) is 25.4 Å². The van der Waals surface area contributed by atoms with Gasteiger partial charge in [0.05, 0.1) is 15.5 Å². The molecule has 1 amide bonds. The highest BCUT2D eigenvalue weighted by molar-refractivity contribution is 7.89. The van der Waals surface area contributed by atoms with Gasteiger partial charge in [0.1, 0.15) is 0 Å². The number of carbonyl (C=O) groups excluding carboxylic acids is 1. The second kappa shape index (κ2) is 9.19. The molecule has 5 nitrogen and oxygen atoms in total. The summed E-state index contributed by atoms with van der Waals surface area (Å²) in [5, 5.41) is 3.13. The van der Waals surface area contributed by atoms with Gasteiger partial charge in [-0.3, -0.25) is 4.79 Å². The smallest absolute Gasteiger partial charge is 0.253 e. The van der Waals surface area contributed by atoms with Crippen molar-refractivity contribution in [1.29, 1.82) is 0 Å². The molecule has 27 heavy (non-hydrogen) atoms. The molecule has 0 aliphatic rings. The summed E-state index contributed by atoms with van der Waals surface area (Å²) in [5.74, 6) is -0.377. The largest absolute Gasteiger partial charge is 0.349 e. The van der Waals surface area contributed by atoms with Crippen molar-refractivity contribution in [2.24, 2.45) is 0 Å². The number of aryl methyl sites for hydroxylation is 1. The van der Waals surface area contributed by atoms with Gasteiger partial charge in [0.15, 0.2) is 0 Å². The second-order valence-corrected chi connectivity index (χ2v) is 10.0. The minimum absolute atomic E-state index is 0.0716. The third-order valence-electron chi connectivity index (χ3n) is 4.21. The minimum Gasteiger partial charge on any atom is -0.349 e. The van der Waals surface area contributed by atoms with Crippen LogP contribution >= 0.6 is 22.9 Å². The van der Waals surface area contributed by atoms with Crippen LogP contribution in [0.3, 0.4) is 0 Å². The van der Waals surface area contributed by atoms with E-state index in [0.717, 1.165) is 0 Å². The molecule has 0 bridgehead atoms. The number of halogens is 1. The van der Waals surface area contributed by atoms with Crippen LogP contribution in [0.4, 0.5) is 0 Å². The molecule has 0 fully saturated rings. The Bertz CT molecular complexity index is 905. The number of nitrogens with zero attached hydrogens (tertiary/aromatic N) is 1. The predicted octanol–water partition coefficient (Wildman–Crippen LogP) is 4.10. The lowest BCUT2D eigenvalue weighted by Crippen LogP contribution is -2.34. The van der Waals surface area contributed by atoms with Gasteiger partial charge in [-0.2, -0.15) is 4.31 Å². The molecule has 0 saturated heterocycles. The summed E-state index contributed by atoms with van der Waals surface area (Å²) in [7, 11) is -3.65. The van der Waals surface area contributed by atoms with Crippen LogP contribution in [0.2, 0.25) is 5.02 Å². The maximum atomic E-state index is 12.7. The van der Waals surface area contributed by atoms with Crippen LogP contribution in [0.1, 0.15) is 40.9 Å². The number of nitrogens with one attached hydrogen (secondary N) is 1. The number of amides is 1. The monoisotopic (exact) mass is 428 g/mol. The fourth-order valence-electron chi connectivity index (χ4n) is 2.80. The molecule has 0 aliphatic heterocycles. The van der Waals surface area contributed by atoms with Crippen molar-refractivity contribution in [2.45, 2.75) is 45.1 Å². The normalized spacial score (nSPS) is 13.0. The van der Waals surface area contributed by atoms with Crippen LogP contribution in [-0.4, -0.2) is 37.8 Å². The lowest BCUT2D eigenvalue weighted by atomic mass is 10.1. The minimum atomic E-state index is -3.65. The van der Waals surface area contributed by atoms with Gasteiger partial charge in [0.2, 0.25) is 10.0 Å². The summed E-state index contributed by atoms with van der Waals surface area (Å²) in [6.07, 6.45) is 0.708. The molecule has 1 heterocycles. The van der Waals surface area contributed by atoms with Crippen LogP contribution < -0.4 is 5.32 Å². The molecular weight excluding hydrogens is 404 g/mol. The summed E-state index contributed by atoms with van der Waals surface area (Å²) in [6.45, 7) is 8.23. The van der Waals surface area contributed by atoms with E-state index in [1.165, 1.54) is 32.3 Å². The lowest BCUT2D eigenvalue weighted by Gasteiger charge is -2.19. The fourth-order valence-corrected chi connectivity index (χ4v) is 5.51. The van der Waals surface area contributed by atoms with Crippen LogP contribution in [0, 0.1) is 6.92 Å². The number of carbonyl (C=O) groups is 1. The van der Waals surface area contributed by atoms with Gasteiger partial charge in [-0.25, -0.2) is 8.42 Å². The number of sulfonamides is 1. The Balaban J connectivity index is 2.20. The Labute approximate surface area is 170 Å². The highest BCUT2D eigenvalue weighted by Crippen LogP contribution is 2.23. The lowest BCUT2D eigenvalue weighted by molar-refractivity contribution is 0.0940. The molecule has 1 aromatic carbocycles. The number of hydrogen-bond donors (Lipinski definition) is 1. The van der Waals surface area contributed by atoms with E-state index < -0.39 is 10.0 Å². The molecule has 2 aromatic rings. The number of benzene rings is 1. The SMILES string of the molecule is CCN(CC)S(=O)(=O)c1ccc(Cl)c(C(=O)NC(C)Cc2ccc(C)s2)c1. The number of rotatable bonds is 8. The first-order valence-electron chi connectivity index (χ1n) is 8.84. The second-order valence-electron chi connectivity index (χ2n) is 6.32. The van der Waals surface area contributed by atoms with E-state index in [-0.39, 0.29) is 27.4 Å². The Hall–Kier alpha value is -1.41. The standard InChI is InChI=1S/C19H25ClN2O3S2/c1-5-22(6-2)27(24,25)16-9-10-18(20)17(12-16)19(23)21-13(3)11-15-8-7-14(4)26-15/h7-10,12-13H,5-6,11H2,1-4H3,(H,21,23). The number of thiophene rings is 1. The molecular formula is C19H25ClN2O3S2. The van der Waals surface area contributed by atoms with Crippen molar-refractivity contribution in [1.82, 2.24) is 9.62 Å². The molecule has 1 atom stereocenters. The van der Waals surface area contributed by atoms with E-state index in [9.17, 15) is 13.2 Å². The molecule has 0 saturated carbocycles. The maximum Gasteiger partial charge on any atom is 0.253 e. The van der Waals surface area contributed by atoms with Crippen molar-refractivity contribution >= 4 is 38.9 Å². The summed E-state index contributed by atoms with van der Waals surface area (Å²) in [4.78, 5) is 15.1. The Morgan fingerprint density at radius 1 is 1.22 bits per heavy atom. The fraction of sp³-hybridized carbons (Fsp3) is 0.421. The summed E-state index contributed by atoms with van der Waals surface area (Å²) in [5.41, 5.74) is 0.166. The van der Waals surface area contributed by atoms with E-state index in [0.29, 0.717) is 19.5 Å².